The summed E-state index contributed by atoms with van der Waals surface area (Å²) in [5.74, 6) is 0. The Morgan fingerprint density at radius 3 is 0.633 bits per heavy atom. The van der Waals surface area contributed by atoms with E-state index in [0.717, 1.165) is 34.7 Å². The molecular formula is C6H24O14P4Y6. The average molecular weight is 978 g/mol. The van der Waals surface area contributed by atoms with Crippen LogP contribution < -0.4 is 0 Å². The summed E-state index contributed by atoms with van der Waals surface area (Å²) < 4.78 is 54.4. The second kappa shape index (κ2) is 36.1. The SMILES string of the molecule is COP(=O)(O)O.COP(=O)(O)OC.COP(C)(=O)O.CP(=O)(O)O.[Y].[Y].[Y].[Y].[Y].[Y]. The molecule has 24 heteroatoms. The minimum Gasteiger partial charge on any atom is -0.325 e. The molecule has 0 aromatic rings. The van der Waals surface area contributed by atoms with Gasteiger partial charge in [0, 0.05) is 238 Å². The van der Waals surface area contributed by atoms with E-state index in [9.17, 15) is 18.3 Å². The Morgan fingerprint density at radius 2 is 0.633 bits per heavy atom. The van der Waals surface area contributed by atoms with E-state index in [1.54, 1.807) is 0 Å². The van der Waals surface area contributed by atoms with E-state index in [1.807, 2.05) is 0 Å². The van der Waals surface area contributed by atoms with E-state index >= 15 is 0 Å². The summed E-state index contributed by atoms with van der Waals surface area (Å²) in [6, 6.07) is 0. The van der Waals surface area contributed by atoms with Crippen LogP contribution in [0.15, 0.2) is 0 Å². The second-order valence-electron chi connectivity index (χ2n) is 3.33. The first-order chi connectivity index (χ1) is 10.2. The van der Waals surface area contributed by atoms with Crippen LogP contribution in [0.5, 0.6) is 0 Å². The fourth-order valence-electron chi connectivity index (χ4n) is 0.0745. The van der Waals surface area contributed by atoms with Crippen LogP contribution in [0.25, 0.3) is 0 Å². The van der Waals surface area contributed by atoms with Crippen LogP contribution in [-0.4, -0.2) is 71.1 Å². The van der Waals surface area contributed by atoms with Crippen molar-refractivity contribution in [1.29, 1.82) is 0 Å². The second-order valence-corrected chi connectivity index (χ2v) is 9.98. The van der Waals surface area contributed by atoms with E-state index in [2.05, 4.69) is 18.1 Å². The van der Waals surface area contributed by atoms with Crippen molar-refractivity contribution < 1.29 is 262 Å². The molecule has 0 fully saturated rings. The summed E-state index contributed by atoms with van der Waals surface area (Å²) in [6.07, 6.45) is 0. The Hall–Kier alpha value is 7.14. The van der Waals surface area contributed by atoms with Gasteiger partial charge in [0.1, 0.15) is 0 Å². The Bertz CT molecular complexity index is 455. The van der Waals surface area contributed by atoms with Gasteiger partial charge in [0.2, 0.25) is 0 Å². The molecule has 0 spiro atoms. The van der Waals surface area contributed by atoms with Gasteiger partial charge in [-0.25, -0.2) is 9.13 Å². The molecule has 0 heterocycles. The molecule has 6 N–H and O–H groups in total. The maximum absolute atomic E-state index is 10.1. The molecule has 170 valence electrons. The minimum absolute atomic E-state index is 0. The standard InChI is InChI=1S/C2H7O4P.C2H7O3P.CH5O4P.CH5O3P.6Y/c1-5-7(3,4)6-2;2*1-5-6(2,3)4;1-5(2,3)4;;;;;;/h1-2H3,(H,3,4);1-2H3,(H,3,4);1H3,(H2,2,3,4);1H3,(H2,2,3,4);;;;;;. The topological polar surface area (TPSA) is 227 Å². The molecule has 0 aliphatic rings. The van der Waals surface area contributed by atoms with Crippen molar-refractivity contribution in [3.63, 3.8) is 0 Å². The predicted octanol–water partition coefficient (Wildman–Crippen LogP) is 0.332. The third-order valence-electron chi connectivity index (χ3n) is 1.04. The van der Waals surface area contributed by atoms with Gasteiger partial charge in [-0.2, -0.15) is 0 Å². The van der Waals surface area contributed by atoms with Crippen LogP contribution in [0.4, 0.5) is 0 Å². The van der Waals surface area contributed by atoms with Gasteiger partial charge < -0.3 is 33.9 Å². The zero-order chi connectivity index (χ0) is 20.8. The maximum atomic E-state index is 10.1. The Kier molecular flexibility index (Phi) is 79.3. The van der Waals surface area contributed by atoms with Gasteiger partial charge >= 0.3 is 30.8 Å². The molecule has 0 saturated carbocycles. The Labute approximate surface area is 327 Å². The van der Waals surface area contributed by atoms with Crippen molar-refractivity contribution in [1.82, 2.24) is 0 Å². The maximum Gasteiger partial charge on any atom is 0.471 e. The molecule has 0 aromatic carbocycles. The number of phosphoric acid groups is 2. The average Bonchev–Trinajstić information content (AvgIpc) is 2.36. The third kappa shape index (κ3) is 112. The summed E-state index contributed by atoms with van der Waals surface area (Å²) in [5, 5.41) is 0. The van der Waals surface area contributed by atoms with Crippen LogP contribution in [0, 0.1) is 0 Å². The Morgan fingerprint density at radius 1 is 0.500 bits per heavy atom. The van der Waals surface area contributed by atoms with Gasteiger partial charge in [-0.15, -0.1) is 0 Å². The number of hydrogen-bond acceptors (Lipinski definition) is 8. The predicted molar refractivity (Wildman–Crippen MR) is 83.6 cm³/mol. The van der Waals surface area contributed by atoms with Crippen molar-refractivity contribution in [3.05, 3.63) is 0 Å². The molecule has 0 aromatic heterocycles. The van der Waals surface area contributed by atoms with Crippen molar-refractivity contribution in [2.24, 2.45) is 0 Å². The summed E-state index contributed by atoms with van der Waals surface area (Å²) in [6.45, 7) is 1.99. The van der Waals surface area contributed by atoms with Gasteiger partial charge in [-0.3, -0.25) is 22.7 Å². The summed E-state index contributed by atoms with van der Waals surface area (Å²) in [7, 11) is -10.2. The molecule has 0 aliphatic carbocycles. The third-order valence-corrected chi connectivity index (χ3v) is 3.11. The Balaban J connectivity index is -0.0000000209. The van der Waals surface area contributed by atoms with Crippen LogP contribution in [-0.2, 0) is 233 Å². The molecule has 0 rings (SSSR count). The van der Waals surface area contributed by atoms with Crippen LogP contribution in [0.3, 0.4) is 0 Å². The minimum atomic E-state index is -4.15. The van der Waals surface area contributed by atoms with Gasteiger partial charge in [0.25, 0.3) is 0 Å². The molecule has 0 aliphatic heterocycles. The van der Waals surface area contributed by atoms with E-state index in [1.165, 1.54) is 7.11 Å². The molecule has 0 saturated heterocycles. The number of rotatable bonds is 4. The van der Waals surface area contributed by atoms with Crippen molar-refractivity contribution in [2.75, 3.05) is 41.8 Å². The first kappa shape index (κ1) is 65.9. The summed E-state index contributed by atoms with van der Waals surface area (Å²) in [4.78, 5) is 47.1. The van der Waals surface area contributed by atoms with Crippen molar-refractivity contribution in [2.45, 2.75) is 0 Å². The van der Waals surface area contributed by atoms with Crippen LogP contribution in [0.1, 0.15) is 0 Å². The molecular weight excluding hydrogens is 953 g/mol. The molecule has 6 radical (unpaired) electrons. The van der Waals surface area contributed by atoms with E-state index in [-0.39, 0.29) is 196 Å². The van der Waals surface area contributed by atoms with E-state index in [0.29, 0.717) is 0 Å². The normalized spacial score (nSPS) is 11.1. The largest absolute Gasteiger partial charge is 0.471 e. The molecule has 1 atom stereocenters. The van der Waals surface area contributed by atoms with E-state index < -0.39 is 30.8 Å². The fourth-order valence-corrected chi connectivity index (χ4v) is 0.224. The zero-order valence-electron chi connectivity index (χ0n) is 17.2. The fraction of sp³-hybridized carbons (Fsp3) is 1.00. The van der Waals surface area contributed by atoms with Crippen molar-refractivity contribution in [3.8, 4) is 0 Å². The van der Waals surface area contributed by atoms with Crippen LogP contribution in [0.2, 0.25) is 0 Å². The molecule has 1 unspecified atom stereocenters. The monoisotopic (exact) mass is 977 g/mol. The van der Waals surface area contributed by atoms with Gasteiger partial charge in [-0.1, -0.05) is 0 Å². The van der Waals surface area contributed by atoms with E-state index in [4.69, 9.17) is 29.4 Å². The van der Waals surface area contributed by atoms with Gasteiger partial charge in [0.05, 0.1) is 0 Å². The van der Waals surface area contributed by atoms with Crippen LogP contribution >= 0.6 is 30.8 Å². The number of hydrogen-bond donors (Lipinski definition) is 6. The summed E-state index contributed by atoms with van der Waals surface area (Å²) >= 11 is 0. The van der Waals surface area contributed by atoms with Crippen molar-refractivity contribution >= 4 is 30.8 Å². The quantitative estimate of drug-likeness (QED) is 0.209. The first-order valence-corrected chi connectivity index (χ1v) is 12.3. The smallest absolute Gasteiger partial charge is 0.325 e. The molecule has 30 heavy (non-hydrogen) atoms. The molecule has 0 bridgehead atoms. The van der Waals surface area contributed by atoms with Gasteiger partial charge in [-0.05, 0) is 0 Å². The number of phosphoric ester groups is 2. The van der Waals surface area contributed by atoms with Gasteiger partial charge in [0.15, 0.2) is 0 Å². The zero-order valence-corrected chi connectivity index (χ0v) is 37.8. The first-order valence-electron chi connectivity index (χ1n) is 5.19. The molecule has 0 amide bonds. The molecule has 14 nitrogen and oxygen atoms in total. The summed E-state index contributed by atoms with van der Waals surface area (Å²) in [5.41, 5.74) is 0.